The molecule has 3 rings (SSSR count). The number of halogens is 2. The first kappa shape index (κ1) is 23.2. The van der Waals surface area contributed by atoms with Gasteiger partial charge in [-0.2, -0.15) is 0 Å². The molecule has 0 aromatic heterocycles. The summed E-state index contributed by atoms with van der Waals surface area (Å²) in [7, 11) is -2.71. The largest absolute Gasteiger partial charge is 0.326 e. The van der Waals surface area contributed by atoms with E-state index in [9.17, 15) is 22.4 Å². The van der Waals surface area contributed by atoms with Crippen LogP contribution in [0.25, 0.3) is 0 Å². The van der Waals surface area contributed by atoms with Crippen molar-refractivity contribution in [2.75, 3.05) is 22.0 Å². The molecule has 7 nitrogen and oxygen atoms in total. The molecule has 3 aromatic rings. The number of carbonyl (C=O) groups excluding carboxylic acids is 2. The SMILES string of the molecule is CC(=O)Nc1ccc(NC(=O)c2cc(S(=O)(=O)N(C)c3ccc(F)cc3)ccc2Cl)cc1. The third-order valence-electron chi connectivity index (χ3n) is 4.49. The van der Waals surface area contributed by atoms with Gasteiger partial charge in [0, 0.05) is 25.3 Å². The van der Waals surface area contributed by atoms with Crippen molar-refractivity contribution < 1.29 is 22.4 Å². The van der Waals surface area contributed by atoms with Gasteiger partial charge in [-0.15, -0.1) is 0 Å². The molecule has 0 radical (unpaired) electrons. The standard InChI is InChI=1S/C22H19ClFN3O4S/c1-14(28)25-16-5-7-17(8-6-16)26-22(29)20-13-19(11-12-21(20)23)32(30,31)27(2)18-9-3-15(24)4-10-18/h3-13H,1-2H3,(H,25,28)(H,26,29). The fourth-order valence-electron chi connectivity index (χ4n) is 2.83. The van der Waals surface area contributed by atoms with Crippen LogP contribution < -0.4 is 14.9 Å². The maximum atomic E-state index is 13.2. The molecule has 0 saturated carbocycles. The number of benzene rings is 3. The average Bonchev–Trinajstić information content (AvgIpc) is 2.75. The summed E-state index contributed by atoms with van der Waals surface area (Å²) >= 11 is 6.15. The van der Waals surface area contributed by atoms with Crippen LogP contribution in [0.15, 0.2) is 71.6 Å². The Kier molecular flexibility index (Phi) is 6.81. The van der Waals surface area contributed by atoms with E-state index in [1.807, 2.05) is 0 Å². The zero-order valence-electron chi connectivity index (χ0n) is 17.1. The highest BCUT2D eigenvalue weighted by molar-refractivity contribution is 7.92. The summed E-state index contributed by atoms with van der Waals surface area (Å²) in [6.07, 6.45) is 0. The Labute approximate surface area is 189 Å². The number of nitrogens with one attached hydrogen (secondary N) is 2. The lowest BCUT2D eigenvalue weighted by atomic mass is 10.2. The van der Waals surface area contributed by atoms with Crippen molar-refractivity contribution in [1.29, 1.82) is 0 Å². The highest BCUT2D eigenvalue weighted by Gasteiger charge is 2.24. The third kappa shape index (κ3) is 5.24. The highest BCUT2D eigenvalue weighted by atomic mass is 35.5. The van der Waals surface area contributed by atoms with Gasteiger partial charge in [0.1, 0.15) is 5.82 Å². The first-order chi connectivity index (χ1) is 15.1. The lowest BCUT2D eigenvalue weighted by Crippen LogP contribution is -2.27. The second kappa shape index (κ2) is 9.37. The average molecular weight is 476 g/mol. The Hall–Kier alpha value is -3.43. The van der Waals surface area contributed by atoms with E-state index in [0.717, 1.165) is 16.4 Å². The molecule has 0 spiro atoms. The molecule has 0 aliphatic rings. The van der Waals surface area contributed by atoms with Crippen LogP contribution in [0.5, 0.6) is 0 Å². The number of hydrogen-bond acceptors (Lipinski definition) is 4. The molecule has 0 heterocycles. The summed E-state index contributed by atoms with van der Waals surface area (Å²) in [5.74, 6) is -1.32. The first-order valence-electron chi connectivity index (χ1n) is 9.31. The van der Waals surface area contributed by atoms with E-state index in [0.29, 0.717) is 11.4 Å². The minimum absolute atomic E-state index is 0.0359. The van der Waals surface area contributed by atoms with Gasteiger partial charge in [0.25, 0.3) is 15.9 Å². The monoisotopic (exact) mass is 475 g/mol. The molecular weight excluding hydrogens is 457 g/mol. The van der Waals surface area contributed by atoms with Gasteiger partial charge in [-0.3, -0.25) is 13.9 Å². The van der Waals surface area contributed by atoms with Crippen LogP contribution >= 0.6 is 11.6 Å². The number of amides is 2. The van der Waals surface area contributed by atoms with Crippen molar-refractivity contribution in [3.05, 3.63) is 83.1 Å². The number of rotatable bonds is 6. The molecule has 3 aromatic carbocycles. The van der Waals surface area contributed by atoms with Gasteiger partial charge in [-0.05, 0) is 66.7 Å². The zero-order chi connectivity index (χ0) is 23.5. The Morgan fingerprint density at radius 3 is 2.03 bits per heavy atom. The number of hydrogen-bond donors (Lipinski definition) is 2. The Morgan fingerprint density at radius 1 is 0.906 bits per heavy atom. The molecule has 0 aliphatic heterocycles. The van der Waals surface area contributed by atoms with Crippen LogP contribution in [0.1, 0.15) is 17.3 Å². The van der Waals surface area contributed by atoms with Gasteiger partial charge in [0.2, 0.25) is 5.91 Å². The van der Waals surface area contributed by atoms with Crippen molar-refractivity contribution >= 4 is 50.5 Å². The summed E-state index contributed by atoms with van der Waals surface area (Å²) in [6, 6.07) is 15.1. The predicted octanol–water partition coefficient (Wildman–Crippen LogP) is 4.51. The second-order valence-corrected chi connectivity index (χ2v) is 9.18. The predicted molar refractivity (Wildman–Crippen MR) is 122 cm³/mol. The molecule has 0 atom stereocenters. The molecule has 10 heteroatoms. The topological polar surface area (TPSA) is 95.6 Å². The maximum absolute atomic E-state index is 13.2. The lowest BCUT2D eigenvalue weighted by molar-refractivity contribution is -0.114. The summed E-state index contributed by atoms with van der Waals surface area (Å²) in [5, 5.41) is 5.32. The fraction of sp³-hybridized carbons (Fsp3) is 0.0909. The van der Waals surface area contributed by atoms with Crippen molar-refractivity contribution in [1.82, 2.24) is 0 Å². The van der Waals surface area contributed by atoms with Crippen LogP contribution in [0.2, 0.25) is 5.02 Å². The number of carbonyl (C=O) groups is 2. The third-order valence-corrected chi connectivity index (χ3v) is 6.61. The zero-order valence-corrected chi connectivity index (χ0v) is 18.7. The molecule has 166 valence electrons. The molecule has 32 heavy (non-hydrogen) atoms. The summed E-state index contributed by atoms with van der Waals surface area (Å²) < 4.78 is 40.2. The first-order valence-corrected chi connectivity index (χ1v) is 11.1. The van der Waals surface area contributed by atoms with E-state index in [4.69, 9.17) is 11.6 Å². The van der Waals surface area contributed by atoms with Crippen LogP contribution in [-0.4, -0.2) is 27.3 Å². The van der Waals surface area contributed by atoms with Gasteiger partial charge in [0.05, 0.1) is 21.2 Å². The quantitative estimate of drug-likeness (QED) is 0.548. The number of nitrogens with zero attached hydrogens (tertiary/aromatic N) is 1. The fourth-order valence-corrected chi connectivity index (χ4v) is 4.25. The normalized spacial score (nSPS) is 11.0. The van der Waals surface area contributed by atoms with E-state index in [-0.39, 0.29) is 27.1 Å². The highest BCUT2D eigenvalue weighted by Crippen LogP contribution is 2.26. The minimum atomic E-state index is -4.04. The molecule has 0 bridgehead atoms. The van der Waals surface area contributed by atoms with Gasteiger partial charge < -0.3 is 10.6 Å². The maximum Gasteiger partial charge on any atom is 0.264 e. The molecule has 2 amide bonds. The van der Waals surface area contributed by atoms with E-state index in [1.165, 1.54) is 44.3 Å². The van der Waals surface area contributed by atoms with Crippen LogP contribution in [0.4, 0.5) is 21.5 Å². The van der Waals surface area contributed by atoms with Crippen LogP contribution in [-0.2, 0) is 14.8 Å². The molecular formula is C22H19ClFN3O4S. The van der Waals surface area contributed by atoms with Crippen LogP contribution in [0, 0.1) is 5.82 Å². The van der Waals surface area contributed by atoms with Crippen molar-refractivity contribution in [2.24, 2.45) is 0 Å². The van der Waals surface area contributed by atoms with E-state index in [2.05, 4.69) is 10.6 Å². The molecule has 0 unspecified atom stereocenters. The van der Waals surface area contributed by atoms with E-state index >= 15 is 0 Å². The smallest absolute Gasteiger partial charge is 0.264 e. The minimum Gasteiger partial charge on any atom is -0.326 e. The summed E-state index contributed by atoms with van der Waals surface area (Å²) in [4.78, 5) is 23.7. The van der Waals surface area contributed by atoms with Crippen molar-refractivity contribution in [2.45, 2.75) is 11.8 Å². The molecule has 2 N–H and O–H groups in total. The number of sulfonamides is 1. The van der Waals surface area contributed by atoms with Crippen molar-refractivity contribution in [3.63, 3.8) is 0 Å². The summed E-state index contributed by atoms with van der Waals surface area (Å²) in [6.45, 7) is 1.38. The van der Waals surface area contributed by atoms with E-state index in [1.54, 1.807) is 24.3 Å². The molecule has 0 aliphatic carbocycles. The van der Waals surface area contributed by atoms with Gasteiger partial charge >= 0.3 is 0 Å². The Bertz CT molecular complexity index is 1260. The van der Waals surface area contributed by atoms with E-state index < -0.39 is 21.7 Å². The Morgan fingerprint density at radius 2 is 1.47 bits per heavy atom. The second-order valence-electron chi connectivity index (χ2n) is 6.80. The van der Waals surface area contributed by atoms with Crippen molar-refractivity contribution in [3.8, 4) is 0 Å². The molecule has 0 saturated heterocycles. The summed E-state index contributed by atoms with van der Waals surface area (Å²) in [5.41, 5.74) is 1.21. The van der Waals surface area contributed by atoms with Crippen LogP contribution in [0.3, 0.4) is 0 Å². The van der Waals surface area contributed by atoms with Gasteiger partial charge in [0.15, 0.2) is 0 Å². The Balaban J connectivity index is 1.85. The lowest BCUT2D eigenvalue weighted by Gasteiger charge is -2.20. The van der Waals surface area contributed by atoms with Gasteiger partial charge in [-0.25, -0.2) is 12.8 Å². The number of anilines is 3. The molecule has 0 fully saturated rings. The van der Waals surface area contributed by atoms with Gasteiger partial charge in [-0.1, -0.05) is 11.6 Å².